The Morgan fingerprint density at radius 1 is 1.44 bits per heavy atom. The second-order valence-corrected chi connectivity index (χ2v) is 4.06. The van der Waals surface area contributed by atoms with Crippen LogP contribution in [0.4, 0.5) is 0 Å². The van der Waals surface area contributed by atoms with Gasteiger partial charge in [0.2, 0.25) is 0 Å². The van der Waals surface area contributed by atoms with Gasteiger partial charge in [-0.15, -0.1) is 0 Å². The quantitative estimate of drug-likeness (QED) is 0.839. The molecule has 5 nitrogen and oxygen atoms in total. The van der Waals surface area contributed by atoms with Gasteiger partial charge in [-0.3, -0.25) is 4.79 Å². The summed E-state index contributed by atoms with van der Waals surface area (Å²) in [4.78, 5) is 14.5. The standard InChI is InChI=1S/C13H15N3O2/c1-10(15-8-13(17)18)11-2-4-12(5-3-11)16-7-6-14-9-16/h2-7,9-10,15H,8H2,1H3,(H,17,18). The third kappa shape index (κ3) is 2.95. The van der Waals surface area contributed by atoms with Crippen molar-refractivity contribution >= 4 is 5.97 Å². The van der Waals surface area contributed by atoms with E-state index in [1.165, 1.54) is 0 Å². The highest BCUT2D eigenvalue weighted by Gasteiger charge is 2.06. The molecule has 0 bridgehead atoms. The van der Waals surface area contributed by atoms with Gasteiger partial charge in [-0.2, -0.15) is 0 Å². The number of carboxylic acids is 1. The molecule has 0 radical (unpaired) electrons. The number of hydrogen-bond donors (Lipinski definition) is 2. The van der Waals surface area contributed by atoms with Gasteiger partial charge < -0.3 is 15.0 Å². The van der Waals surface area contributed by atoms with Crippen LogP contribution in [0.25, 0.3) is 5.69 Å². The maximum absolute atomic E-state index is 10.5. The van der Waals surface area contributed by atoms with E-state index < -0.39 is 5.97 Å². The fourth-order valence-electron chi connectivity index (χ4n) is 1.71. The van der Waals surface area contributed by atoms with Crippen LogP contribution >= 0.6 is 0 Å². The summed E-state index contributed by atoms with van der Waals surface area (Å²) in [6.07, 6.45) is 5.34. The third-order valence-electron chi connectivity index (χ3n) is 2.76. The smallest absolute Gasteiger partial charge is 0.317 e. The monoisotopic (exact) mass is 245 g/mol. The lowest BCUT2D eigenvalue weighted by Gasteiger charge is -2.13. The zero-order valence-electron chi connectivity index (χ0n) is 10.1. The summed E-state index contributed by atoms with van der Waals surface area (Å²) in [5.74, 6) is -0.850. The van der Waals surface area contributed by atoms with Crippen molar-refractivity contribution in [1.82, 2.24) is 14.9 Å². The first-order chi connectivity index (χ1) is 8.66. The molecular weight excluding hydrogens is 230 g/mol. The predicted molar refractivity (Wildman–Crippen MR) is 67.6 cm³/mol. The Bertz CT molecular complexity index is 506. The minimum atomic E-state index is -0.850. The minimum absolute atomic E-state index is 0.0120. The van der Waals surface area contributed by atoms with Crippen LogP contribution in [0.3, 0.4) is 0 Å². The molecule has 1 unspecified atom stereocenters. The second-order valence-electron chi connectivity index (χ2n) is 4.06. The zero-order chi connectivity index (χ0) is 13.0. The lowest BCUT2D eigenvalue weighted by Crippen LogP contribution is -2.25. The summed E-state index contributed by atoms with van der Waals surface area (Å²) in [5.41, 5.74) is 2.08. The van der Waals surface area contributed by atoms with Crippen LogP contribution in [-0.2, 0) is 4.79 Å². The molecule has 18 heavy (non-hydrogen) atoms. The van der Waals surface area contributed by atoms with Crippen LogP contribution in [0.2, 0.25) is 0 Å². The molecule has 1 heterocycles. The van der Waals surface area contributed by atoms with E-state index in [9.17, 15) is 4.79 Å². The highest BCUT2D eigenvalue weighted by atomic mass is 16.4. The Balaban J connectivity index is 2.05. The molecule has 1 atom stereocenters. The number of rotatable bonds is 5. The fourth-order valence-corrected chi connectivity index (χ4v) is 1.71. The third-order valence-corrected chi connectivity index (χ3v) is 2.76. The van der Waals surface area contributed by atoms with E-state index in [4.69, 9.17) is 5.11 Å². The maximum Gasteiger partial charge on any atom is 0.317 e. The number of carbonyl (C=O) groups is 1. The molecule has 2 rings (SSSR count). The van der Waals surface area contributed by atoms with Crippen molar-refractivity contribution in [3.8, 4) is 5.69 Å². The number of benzene rings is 1. The number of carboxylic acid groups (broad SMARTS) is 1. The van der Waals surface area contributed by atoms with Crippen LogP contribution in [0, 0.1) is 0 Å². The summed E-state index contributed by atoms with van der Waals surface area (Å²) in [6, 6.07) is 7.94. The maximum atomic E-state index is 10.5. The van der Waals surface area contributed by atoms with Gasteiger partial charge in [-0.1, -0.05) is 12.1 Å². The Hall–Kier alpha value is -2.14. The molecule has 0 spiro atoms. The van der Waals surface area contributed by atoms with Crippen molar-refractivity contribution in [2.24, 2.45) is 0 Å². The molecule has 0 saturated heterocycles. The molecule has 1 aromatic carbocycles. The largest absolute Gasteiger partial charge is 0.480 e. The Kier molecular flexibility index (Phi) is 3.74. The van der Waals surface area contributed by atoms with Crippen LogP contribution in [0.1, 0.15) is 18.5 Å². The van der Waals surface area contributed by atoms with Gasteiger partial charge in [-0.05, 0) is 24.6 Å². The van der Waals surface area contributed by atoms with Crippen LogP contribution in [0.15, 0.2) is 43.0 Å². The van der Waals surface area contributed by atoms with E-state index in [0.717, 1.165) is 11.3 Å². The highest BCUT2D eigenvalue weighted by molar-refractivity contribution is 5.69. The molecule has 0 amide bonds. The van der Waals surface area contributed by atoms with Crippen molar-refractivity contribution in [3.05, 3.63) is 48.5 Å². The van der Waals surface area contributed by atoms with E-state index in [2.05, 4.69) is 10.3 Å². The first-order valence-corrected chi connectivity index (χ1v) is 5.70. The molecule has 1 aromatic heterocycles. The Labute approximate surface area is 105 Å². The summed E-state index contributed by atoms with van der Waals surface area (Å²) < 4.78 is 1.92. The minimum Gasteiger partial charge on any atom is -0.480 e. The topological polar surface area (TPSA) is 67.2 Å². The van der Waals surface area contributed by atoms with Crippen molar-refractivity contribution in [1.29, 1.82) is 0 Å². The molecule has 0 aliphatic carbocycles. The van der Waals surface area contributed by atoms with Gasteiger partial charge >= 0.3 is 5.97 Å². The Morgan fingerprint density at radius 3 is 2.72 bits per heavy atom. The number of imidazole rings is 1. The molecular formula is C13H15N3O2. The number of nitrogens with one attached hydrogen (secondary N) is 1. The summed E-state index contributed by atoms with van der Waals surface area (Å²) in [7, 11) is 0. The van der Waals surface area contributed by atoms with Gasteiger partial charge in [0.05, 0.1) is 12.9 Å². The summed E-state index contributed by atoms with van der Waals surface area (Å²) in [6.45, 7) is 1.90. The molecule has 0 saturated carbocycles. The summed E-state index contributed by atoms with van der Waals surface area (Å²) in [5, 5.41) is 11.5. The van der Waals surface area contributed by atoms with Crippen molar-refractivity contribution < 1.29 is 9.90 Å². The molecule has 0 aliphatic rings. The van der Waals surface area contributed by atoms with Gasteiger partial charge in [0, 0.05) is 24.1 Å². The van der Waals surface area contributed by atoms with E-state index in [1.54, 1.807) is 12.5 Å². The molecule has 94 valence electrons. The zero-order valence-corrected chi connectivity index (χ0v) is 10.1. The normalized spacial score (nSPS) is 12.3. The SMILES string of the molecule is CC(NCC(=O)O)c1ccc(-n2ccnc2)cc1. The second kappa shape index (κ2) is 5.46. The number of aromatic nitrogens is 2. The van der Waals surface area contributed by atoms with Gasteiger partial charge in [-0.25, -0.2) is 4.98 Å². The van der Waals surface area contributed by atoms with Gasteiger partial charge in [0.15, 0.2) is 0 Å². The van der Waals surface area contributed by atoms with Crippen molar-refractivity contribution in [2.75, 3.05) is 6.54 Å². The first-order valence-electron chi connectivity index (χ1n) is 5.70. The van der Waals surface area contributed by atoms with E-state index >= 15 is 0 Å². The number of nitrogens with zero attached hydrogens (tertiary/aromatic N) is 2. The molecule has 5 heteroatoms. The predicted octanol–water partition coefficient (Wildman–Crippen LogP) is 1.61. The van der Waals surface area contributed by atoms with Gasteiger partial charge in [0.1, 0.15) is 0 Å². The highest BCUT2D eigenvalue weighted by Crippen LogP contribution is 2.15. The molecule has 0 aliphatic heterocycles. The number of hydrogen-bond acceptors (Lipinski definition) is 3. The molecule has 2 aromatic rings. The number of aliphatic carboxylic acids is 1. The van der Waals surface area contributed by atoms with Crippen LogP contribution < -0.4 is 5.32 Å². The molecule has 2 N–H and O–H groups in total. The van der Waals surface area contributed by atoms with Gasteiger partial charge in [0.25, 0.3) is 0 Å². The lowest BCUT2D eigenvalue weighted by atomic mass is 10.1. The van der Waals surface area contributed by atoms with Crippen molar-refractivity contribution in [2.45, 2.75) is 13.0 Å². The van der Waals surface area contributed by atoms with E-state index in [0.29, 0.717) is 0 Å². The molecule has 0 fully saturated rings. The first kappa shape index (κ1) is 12.3. The summed E-state index contributed by atoms with van der Waals surface area (Å²) >= 11 is 0. The van der Waals surface area contributed by atoms with Crippen LogP contribution in [0.5, 0.6) is 0 Å². The van der Waals surface area contributed by atoms with E-state index in [1.807, 2.05) is 42.0 Å². The fraction of sp³-hybridized carbons (Fsp3) is 0.231. The lowest BCUT2D eigenvalue weighted by molar-refractivity contribution is -0.136. The average molecular weight is 245 g/mol. The van der Waals surface area contributed by atoms with E-state index in [-0.39, 0.29) is 12.6 Å². The average Bonchev–Trinajstić information content (AvgIpc) is 2.90. The van der Waals surface area contributed by atoms with Crippen molar-refractivity contribution in [3.63, 3.8) is 0 Å². The van der Waals surface area contributed by atoms with Crippen LogP contribution in [-0.4, -0.2) is 27.2 Å². The Morgan fingerprint density at radius 2 is 2.17 bits per heavy atom.